The van der Waals surface area contributed by atoms with Crippen molar-refractivity contribution in [3.63, 3.8) is 0 Å². The summed E-state index contributed by atoms with van der Waals surface area (Å²) in [6.07, 6.45) is 0.914. The summed E-state index contributed by atoms with van der Waals surface area (Å²) in [4.78, 5) is 17.1. The second-order valence-electron chi connectivity index (χ2n) is 6.15. The van der Waals surface area contributed by atoms with Crippen molar-refractivity contribution < 1.29 is 14.1 Å². The second-order valence-corrected chi connectivity index (χ2v) is 6.15. The average molecular weight is 318 g/mol. The van der Waals surface area contributed by atoms with Crippen molar-refractivity contribution in [1.29, 1.82) is 0 Å². The molecule has 2 heterocycles. The van der Waals surface area contributed by atoms with Crippen LogP contribution in [0.4, 0.5) is 0 Å². The molecule has 1 fully saturated rings. The van der Waals surface area contributed by atoms with E-state index in [2.05, 4.69) is 10.1 Å². The quantitative estimate of drug-likeness (QED) is 0.566. The molecule has 0 bridgehead atoms. The third-order valence-electron chi connectivity index (χ3n) is 4.71. The molecule has 2 aliphatic rings. The molecule has 1 aliphatic heterocycles. The van der Waals surface area contributed by atoms with Crippen LogP contribution in [0.15, 0.2) is 47.0 Å². The molecule has 5 rings (SSSR count). The number of hydrogen-bond acceptors (Lipinski definition) is 5. The predicted octanol–water partition coefficient (Wildman–Crippen LogP) is 3.45. The van der Waals surface area contributed by atoms with E-state index in [0.29, 0.717) is 23.9 Å². The number of fused-ring (bicyclic) bond motifs is 3. The number of rotatable bonds is 2. The van der Waals surface area contributed by atoms with Gasteiger partial charge in [0.2, 0.25) is 0 Å². The smallest absolute Gasteiger partial charge is 0.257 e. The maximum absolute atomic E-state index is 12.6. The zero-order valence-electron chi connectivity index (χ0n) is 12.9. The number of nitrogens with zero attached hydrogens (tertiary/aromatic N) is 2. The standard InChI is InChI=1S/C19H14N2O3/c22-17-15-4-2-1-3-13(15)14-6-5-11(9-16(14)17)19-20-18(21-24-19)12-7-8-23-10-12/h1-6,9,12H,7-8,10H2/t12-/m1/s1. The maximum Gasteiger partial charge on any atom is 0.257 e. The molecule has 0 N–H and O–H groups in total. The molecule has 1 saturated heterocycles. The van der Waals surface area contributed by atoms with E-state index in [1.54, 1.807) is 0 Å². The zero-order chi connectivity index (χ0) is 16.1. The van der Waals surface area contributed by atoms with Gasteiger partial charge in [0, 0.05) is 29.2 Å². The molecular weight excluding hydrogens is 304 g/mol. The minimum absolute atomic E-state index is 0.0476. The van der Waals surface area contributed by atoms with Crippen molar-refractivity contribution in [2.24, 2.45) is 0 Å². The Hall–Kier alpha value is -2.79. The van der Waals surface area contributed by atoms with Crippen molar-refractivity contribution in [2.75, 3.05) is 13.2 Å². The number of ether oxygens (including phenoxy) is 1. The van der Waals surface area contributed by atoms with E-state index >= 15 is 0 Å². The summed E-state index contributed by atoms with van der Waals surface area (Å²) in [5, 5.41) is 4.08. The van der Waals surface area contributed by atoms with E-state index in [9.17, 15) is 4.79 Å². The molecule has 2 aromatic carbocycles. The molecule has 1 aromatic heterocycles. The summed E-state index contributed by atoms with van der Waals surface area (Å²) < 4.78 is 10.8. The topological polar surface area (TPSA) is 65.2 Å². The third kappa shape index (κ3) is 1.95. The highest BCUT2D eigenvalue weighted by Crippen LogP contribution is 2.38. The predicted molar refractivity (Wildman–Crippen MR) is 86.8 cm³/mol. The maximum atomic E-state index is 12.6. The Balaban J connectivity index is 1.54. The van der Waals surface area contributed by atoms with Crippen LogP contribution in [0, 0.1) is 0 Å². The molecule has 0 unspecified atom stereocenters. The van der Waals surface area contributed by atoms with Gasteiger partial charge in [-0.15, -0.1) is 0 Å². The van der Waals surface area contributed by atoms with Crippen molar-refractivity contribution in [1.82, 2.24) is 10.1 Å². The van der Waals surface area contributed by atoms with Gasteiger partial charge in [0.1, 0.15) is 0 Å². The van der Waals surface area contributed by atoms with Crippen LogP contribution in [0.25, 0.3) is 22.6 Å². The van der Waals surface area contributed by atoms with Gasteiger partial charge in [0.25, 0.3) is 5.89 Å². The fourth-order valence-corrected chi connectivity index (χ4v) is 3.42. The molecule has 0 radical (unpaired) electrons. The van der Waals surface area contributed by atoms with Crippen LogP contribution in [0.1, 0.15) is 34.1 Å². The highest BCUT2D eigenvalue weighted by Gasteiger charge is 2.28. The van der Waals surface area contributed by atoms with Crippen molar-refractivity contribution in [3.05, 3.63) is 59.4 Å². The monoisotopic (exact) mass is 318 g/mol. The minimum atomic E-state index is 0.0476. The Morgan fingerprint density at radius 2 is 1.83 bits per heavy atom. The van der Waals surface area contributed by atoms with Gasteiger partial charge in [-0.25, -0.2) is 0 Å². The van der Waals surface area contributed by atoms with Gasteiger partial charge in [-0.1, -0.05) is 35.5 Å². The van der Waals surface area contributed by atoms with Crippen LogP contribution in [0.5, 0.6) is 0 Å². The molecule has 118 valence electrons. The van der Waals surface area contributed by atoms with Crippen LogP contribution >= 0.6 is 0 Å². The van der Waals surface area contributed by atoms with E-state index in [0.717, 1.165) is 35.3 Å². The van der Waals surface area contributed by atoms with Crippen LogP contribution in [-0.4, -0.2) is 29.1 Å². The first-order valence-corrected chi connectivity index (χ1v) is 8.01. The molecule has 1 atom stereocenters. The molecule has 5 heteroatoms. The van der Waals surface area contributed by atoms with Gasteiger partial charge in [-0.2, -0.15) is 4.98 Å². The first-order valence-electron chi connectivity index (χ1n) is 8.01. The lowest BCUT2D eigenvalue weighted by molar-refractivity contribution is 0.104. The summed E-state index contributed by atoms with van der Waals surface area (Å²) in [5.74, 6) is 1.37. The Kier molecular flexibility index (Phi) is 2.90. The van der Waals surface area contributed by atoms with Gasteiger partial charge in [-0.3, -0.25) is 4.79 Å². The molecule has 5 nitrogen and oxygen atoms in total. The summed E-state index contributed by atoms with van der Waals surface area (Å²) in [7, 11) is 0. The van der Waals surface area contributed by atoms with Crippen LogP contribution < -0.4 is 0 Å². The molecule has 0 saturated carbocycles. The van der Waals surface area contributed by atoms with E-state index in [1.165, 1.54) is 0 Å². The molecular formula is C19H14N2O3. The van der Waals surface area contributed by atoms with Crippen LogP contribution in [-0.2, 0) is 4.74 Å². The Labute approximate surface area is 138 Å². The second kappa shape index (κ2) is 5.11. The summed E-state index contributed by atoms with van der Waals surface area (Å²) in [6, 6.07) is 13.4. The zero-order valence-corrected chi connectivity index (χ0v) is 12.9. The van der Waals surface area contributed by atoms with E-state index in [-0.39, 0.29) is 11.7 Å². The van der Waals surface area contributed by atoms with E-state index in [1.807, 2.05) is 42.5 Å². The molecule has 0 amide bonds. The largest absolute Gasteiger partial charge is 0.381 e. The first kappa shape index (κ1) is 13.6. The van der Waals surface area contributed by atoms with Crippen molar-refractivity contribution in [3.8, 4) is 22.6 Å². The van der Waals surface area contributed by atoms with Crippen LogP contribution in [0.3, 0.4) is 0 Å². The molecule has 24 heavy (non-hydrogen) atoms. The van der Waals surface area contributed by atoms with Crippen LogP contribution in [0.2, 0.25) is 0 Å². The van der Waals surface area contributed by atoms with E-state index in [4.69, 9.17) is 9.26 Å². The molecule has 1 aliphatic carbocycles. The van der Waals surface area contributed by atoms with Gasteiger partial charge >= 0.3 is 0 Å². The van der Waals surface area contributed by atoms with Gasteiger partial charge in [-0.05, 0) is 29.7 Å². The van der Waals surface area contributed by atoms with Gasteiger partial charge in [0.15, 0.2) is 11.6 Å². The average Bonchev–Trinajstić information content (AvgIpc) is 3.35. The number of ketones is 1. The van der Waals surface area contributed by atoms with Crippen molar-refractivity contribution >= 4 is 5.78 Å². The Bertz CT molecular complexity index is 955. The normalized spacial score (nSPS) is 18.7. The Morgan fingerprint density at radius 1 is 1.00 bits per heavy atom. The molecule has 0 spiro atoms. The number of hydrogen-bond donors (Lipinski definition) is 0. The lowest BCUT2D eigenvalue weighted by Gasteiger charge is -2.01. The summed E-state index contributed by atoms with van der Waals surface area (Å²) >= 11 is 0. The number of carbonyl (C=O) groups excluding carboxylic acids is 1. The number of aromatic nitrogens is 2. The van der Waals surface area contributed by atoms with Crippen molar-refractivity contribution in [2.45, 2.75) is 12.3 Å². The third-order valence-corrected chi connectivity index (χ3v) is 4.71. The summed E-state index contributed by atoms with van der Waals surface area (Å²) in [6.45, 7) is 1.37. The van der Waals surface area contributed by atoms with Gasteiger partial charge < -0.3 is 9.26 Å². The number of benzene rings is 2. The SMILES string of the molecule is O=C1c2ccccc2-c2ccc(-c3nc([C@@H]4CCOC4)no3)cc21. The summed E-state index contributed by atoms with van der Waals surface area (Å²) in [5.41, 5.74) is 4.16. The van der Waals surface area contributed by atoms with Gasteiger partial charge in [0.05, 0.1) is 6.61 Å². The fraction of sp³-hybridized carbons (Fsp3) is 0.211. The number of carbonyl (C=O) groups is 1. The lowest BCUT2D eigenvalue weighted by Crippen LogP contribution is -1.99. The Morgan fingerprint density at radius 3 is 2.67 bits per heavy atom. The fourth-order valence-electron chi connectivity index (χ4n) is 3.42. The highest BCUT2D eigenvalue weighted by molar-refractivity contribution is 6.22. The minimum Gasteiger partial charge on any atom is -0.381 e. The first-order chi connectivity index (χ1) is 11.8. The highest BCUT2D eigenvalue weighted by atomic mass is 16.5. The molecule has 3 aromatic rings. The van der Waals surface area contributed by atoms with E-state index < -0.39 is 0 Å². The lowest BCUT2D eigenvalue weighted by atomic mass is 10.0.